The van der Waals surface area contributed by atoms with Crippen molar-refractivity contribution < 1.29 is 4.79 Å². The van der Waals surface area contributed by atoms with Gasteiger partial charge in [0.1, 0.15) is 0 Å². The number of nitrogens with zero attached hydrogens (tertiary/aromatic N) is 2. The van der Waals surface area contributed by atoms with Crippen LogP contribution in [0.4, 0.5) is 0 Å². The first-order valence-electron chi connectivity index (χ1n) is 9.01. The zero-order valence-corrected chi connectivity index (χ0v) is 15.4. The molecule has 2 aliphatic heterocycles. The second-order valence-electron chi connectivity index (χ2n) is 6.97. The van der Waals surface area contributed by atoms with E-state index in [0.717, 1.165) is 62.6 Å². The summed E-state index contributed by atoms with van der Waals surface area (Å²) in [5.74, 6) is 0.792. The van der Waals surface area contributed by atoms with Crippen molar-refractivity contribution in [2.45, 2.75) is 45.6 Å². The van der Waals surface area contributed by atoms with Gasteiger partial charge in [0, 0.05) is 43.9 Å². The Kier molecular flexibility index (Phi) is 7.52. The van der Waals surface area contributed by atoms with Gasteiger partial charge < -0.3 is 15.5 Å². The van der Waals surface area contributed by atoms with Crippen LogP contribution in [0.25, 0.3) is 0 Å². The van der Waals surface area contributed by atoms with E-state index in [9.17, 15) is 4.79 Å². The Morgan fingerprint density at radius 1 is 1.42 bits per heavy atom. The fourth-order valence-corrected chi connectivity index (χ4v) is 3.65. The standard InChI is InChI=1S/C17H29N5O.ClH/c1-13-5-4-10-22(12-13)9-3-2-7-19-17(23)16-14-11-18-8-6-15(14)20-21-16;/h13,18H,2-12H2,1H3,(H,19,23)(H,20,21);1H. The Labute approximate surface area is 150 Å². The number of H-pyrrole nitrogens is 1. The molecule has 0 aromatic carbocycles. The van der Waals surface area contributed by atoms with E-state index in [2.05, 4.69) is 32.7 Å². The van der Waals surface area contributed by atoms with Gasteiger partial charge in [-0.25, -0.2) is 0 Å². The molecule has 0 radical (unpaired) electrons. The lowest BCUT2D eigenvalue weighted by Crippen LogP contribution is -2.35. The van der Waals surface area contributed by atoms with Gasteiger partial charge in [0.25, 0.3) is 5.91 Å². The SMILES string of the molecule is CC1CCCN(CCCCNC(=O)c2n[nH]c3c2CNCC3)C1.Cl. The lowest BCUT2D eigenvalue weighted by atomic mass is 10.0. The second-order valence-corrected chi connectivity index (χ2v) is 6.97. The van der Waals surface area contributed by atoms with E-state index in [1.165, 1.54) is 25.9 Å². The number of piperidine rings is 1. The fraction of sp³-hybridized carbons (Fsp3) is 0.765. The Morgan fingerprint density at radius 2 is 2.29 bits per heavy atom. The number of carbonyl (C=O) groups excluding carboxylic acids is 1. The van der Waals surface area contributed by atoms with Gasteiger partial charge in [-0.3, -0.25) is 9.89 Å². The summed E-state index contributed by atoms with van der Waals surface area (Å²) < 4.78 is 0. The van der Waals surface area contributed by atoms with Crippen molar-refractivity contribution in [3.05, 3.63) is 17.0 Å². The molecule has 1 amide bonds. The van der Waals surface area contributed by atoms with Crippen molar-refractivity contribution in [2.75, 3.05) is 32.7 Å². The minimum Gasteiger partial charge on any atom is -0.351 e. The van der Waals surface area contributed by atoms with Crippen molar-refractivity contribution in [3.8, 4) is 0 Å². The Hall–Kier alpha value is -1.11. The van der Waals surface area contributed by atoms with Crippen LogP contribution < -0.4 is 10.6 Å². The van der Waals surface area contributed by atoms with Gasteiger partial charge in [-0.2, -0.15) is 5.10 Å². The molecule has 3 rings (SSSR count). The Bertz CT molecular complexity index is 533. The first kappa shape index (κ1) is 19.2. The van der Waals surface area contributed by atoms with Crippen LogP contribution in [0.2, 0.25) is 0 Å². The number of hydrogen-bond acceptors (Lipinski definition) is 4. The second kappa shape index (κ2) is 9.39. The average molecular weight is 356 g/mol. The number of unbranched alkanes of at least 4 members (excludes halogenated alkanes) is 1. The average Bonchev–Trinajstić information content (AvgIpc) is 2.98. The van der Waals surface area contributed by atoms with E-state index in [0.29, 0.717) is 5.69 Å². The molecule has 3 N–H and O–H groups in total. The van der Waals surface area contributed by atoms with Crippen LogP contribution in [0.1, 0.15) is 54.4 Å². The maximum absolute atomic E-state index is 12.3. The molecule has 7 heteroatoms. The molecule has 0 bridgehead atoms. The Morgan fingerprint density at radius 3 is 3.12 bits per heavy atom. The normalized spacial score (nSPS) is 21.0. The molecule has 2 aliphatic rings. The number of fused-ring (bicyclic) bond motifs is 1. The maximum atomic E-state index is 12.3. The van der Waals surface area contributed by atoms with Gasteiger partial charge in [-0.05, 0) is 44.7 Å². The summed E-state index contributed by atoms with van der Waals surface area (Å²) in [4.78, 5) is 14.8. The molecule has 0 spiro atoms. The lowest BCUT2D eigenvalue weighted by molar-refractivity contribution is 0.0946. The van der Waals surface area contributed by atoms with Gasteiger partial charge >= 0.3 is 0 Å². The van der Waals surface area contributed by atoms with Crippen LogP contribution in [0.5, 0.6) is 0 Å². The summed E-state index contributed by atoms with van der Waals surface area (Å²) in [6.45, 7) is 8.39. The highest BCUT2D eigenvalue weighted by molar-refractivity contribution is 5.94. The van der Waals surface area contributed by atoms with Gasteiger partial charge in [0.15, 0.2) is 5.69 Å². The molecule has 24 heavy (non-hydrogen) atoms. The van der Waals surface area contributed by atoms with E-state index >= 15 is 0 Å². The number of halogens is 1. The topological polar surface area (TPSA) is 73.0 Å². The summed E-state index contributed by atoms with van der Waals surface area (Å²) in [6.07, 6.45) is 5.80. The quantitative estimate of drug-likeness (QED) is 0.679. The number of aromatic amines is 1. The number of carbonyl (C=O) groups is 1. The van der Waals surface area contributed by atoms with Gasteiger partial charge in [0.2, 0.25) is 0 Å². The summed E-state index contributed by atoms with van der Waals surface area (Å²) >= 11 is 0. The van der Waals surface area contributed by atoms with E-state index in [4.69, 9.17) is 0 Å². The third-order valence-corrected chi connectivity index (χ3v) is 4.95. The van der Waals surface area contributed by atoms with Crippen molar-refractivity contribution in [2.24, 2.45) is 5.92 Å². The highest BCUT2D eigenvalue weighted by Gasteiger charge is 2.21. The predicted molar refractivity (Wildman–Crippen MR) is 97.7 cm³/mol. The molecule has 1 saturated heterocycles. The molecule has 1 fully saturated rings. The van der Waals surface area contributed by atoms with Crippen LogP contribution in [0.3, 0.4) is 0 Å². The molecule has 136 valence electrons. The highest BCUT2D eigenvalue weighted by Crippen LogP contribution is 2.16. The van der Waals surface area contributed by atoms with Crippen LogP contribution >= 0.6 is 12.4 Å². The van der Waals surface area contributed by atoms with E-state index < -0.39 is 0 Å². The molecule has 3 heterocycles. The maximum Gasteiger partial charge on any atom is 0.272 e. The minimum absolute atomic E-state index is 0. The van der Waals surface area contributed by atoms with Crippen LogP contribution in [-0.2, 0) is 13.0 Å². The number of rotatable bonds is 6. The van der Waals surface area contributed by atoms with Crippen LogP contribution in [0, 0.1) is 5.92 Å². The molecule has 1 aromatic heterocycles. The molecule has 0 aliphatic carbocycles. The zero-order valence-electron chi connectivity index (χ0n) is 14.6. The molecule has 6 nitrogen and oxygen atoms in total. The number of amides is 1. The number of nitrogens with one attached hydrogen (secondary N) is 3. The van der Waals surface area contributed by atoms with Crippen molar-refractivity contribution in [1.82, 2.24) is 25.7 Å². The molecular weight excluding hydrogens is 326 g/mol. The highest BCUT2D eigenvalue weighted by atomic mass is 35.5. The smallest absolute Gasteiger partial charge is 0.272 e. The molecule has 1 aromatic rings. The first-order chi connectivity index (χ1) is 11.2. The molecule has 1 atom stereocenters. The third-order valence-electron chi connectivity index (χ3n) is 4.95. The van der Waals surface area contributed by atoms with Gasteiger partial charge in [0.05, 0.1) is 0 Å². The Balaban J connectivity index is 0.00000208. The van der Waals surface area contributed by atoms with Crippen LogP contribution in [-0.4, -0.2) is 53.7 Å². The van der Waals surface area contributed by atoms with Gasteiger partial charge in [-0.1, -0.05) is 6.92 Å². The van der Waals surface area contributed by atoms with Crippen molar-refractivity contribution in [3.63, 3.8) is 0 Å². The van der Waals surface area contributed by atoms with Crippen molar-refractivity contribution >= 4 is 18.3 Å². The van der Waals surface area contributed by atoms with Gasteiger partial charge in [-0.15, -0.1) is 12.4 Å². The number of aromatic nitrogens is 2. The minimum atomic E-state index is -0.0437. The molecule has 0 saturated carbocycles. The van der Waals surface area contributed by atoms with Crippen LogP contribution in [0.15, 0.2) is 0 Å². The summed E-state index contributed by atoms with van der Waals surface area (Å²) in [6, 6.07) is 0. The predicted octanol–water partition coefficient (Wildman–Crippen LogP) is 1.72. The summed E-state index contributed by atoms with van der Waals surface area (Å²) in [7, 11) is 0. The summed E-state index contributed by atoms with van der Waals surface area (Å²) in [5.41, 5.74) is 2.71. The number of hydrogen-bond donors (Lipinski definition) is 3. The number of likely N-dealkylation sites (tertiary alicyclic amines) is 1. The first-order valence-corrected chi connectivity index (χ1v) is 9.01. The molecular formula is C17H30ClN5O. The van der Waals surface area contributed by atoms with Crippen molar-refractivity contribution in [1.29, 1.82) is 0 Å². The largest absolute Gasteiger partial charge is 0.351 e. The van der Waals surface area contributed by atoms with E-state index in [-0.39, 0.29) is 18.3 Å². The monoisotopic (exact) mass is 355 g/mol. The molecule has 1 unspecified atom stereocenters. The lowest BCUT2D eigenvalue weighted by Gasteiger charge is -2.30. The fourth-order valence-electron chi connectivity index (χ4n) is 3.65. The van der Waals surface area contributed by atoms with E-state index in [1.54, 1.807) is 0 Å². The third kappa shape index (κ3) is 4.94. The van der Waals surface area contributed by atoms with E-state index in [1.807, 2.05) is 0 Å². The summed E-state index contributed by atoms with van der Waals surface area (Å²) in [5, 5.41) is 13.5. The zero-order chi connectivity index (χ0) is 16.1.